The minimum atomic E-state index is 0.399. The lowest BCUT2D eigenvalue weighted by atomic mass is 10.0. The first kappa shape index (κ1) is 14.6. The van der Waals surface area contributed by atoms with Crippen LogP contribution < -0.4 is 0 Å². The van der Waals surface area contributed by atoms with E-state index in [0.717, 1.165) is 13.1 Å². The van der Waals surface area contributed by atoms with Gasteiger partial charge in [0.1, 0.15) is 0 Å². The second kappa shape index (κ2) is 6.20. The van der Waals surface area contributed by atoms with Crippen LogP contribution in [0.5, 0.6) is 0 Å². The van der Waals surface area contributed by atoms with Gasteiger partial charge in [0.2, 0.25) is 0 Å². The molecule has 0 bridgehead atoms. The standard InChI is InChI=1S/C18H26N2O/c1-13(2)18-10-16-14(6-4-8-17(16)19-18)11-20-9-5-7-15(12-20)21-3/h4,6,8,10,13,15,19H,5,7,9,11-12H2,1-3H3. The maximum absolute atomic E-state index is 5.53. The molecule has 1 N–H and O–H groups in total. The molecule has 114 valence electrons. The molecule has 21 heavy (non-hydrogen) atoms. The van der Waals surface area contributed by atoms with Gasteiger partial charge in [0, 0.05) is 36.8 Å². The maximum Gasteiger partial charge on any atom is 0.0698 e. The van der Waals surface area contributed by atoms with E-state index in [4.69, 9.17) is 4.74 Å². The number of nitrogens with one attached hydrogen (secondary N) is 1. The summed E-state index contributed by atoms with van der Waals surface area (Å²) >= 11 is 0. The van der Waals surface area contributed by atoms with Crippen molar-refractivity contribution >= 4 is 10.9 Å². The summed E-state index contributed by atoms with van der Waals surface area (Å²) in [5.41, 5.74) is 4.01. The van der Waals surface area contributed by atoms with Crippen LogP contribution in [0.2, 0.25) is 0 Å². The lowest BCUT2D eigenvalue weighted by Crippen LogP contribution is -2.38. The Hall–Kier alpha value is -1.32. The van der Waals surface area contributed by atoms with Gasteiger partial charge >= 0.3 is 0 Å². The second-order valence-corrected chi connectivity index (χ2v) is 6.49. The second-order valence-electron chi connectivity index (χ2n) is 6.49. The maximum atomic E-state index is 5.53. The molecular formula is C18H26N2O. The molecule has 0 spiro atoms. The highest BCUT2D eigenvalue weighted by atomic mass is 16.5. The normalized spacial score (nSPS) is 20.5. The Kier molecular flexibility index (Phi) is 4.32. The molecule has 2 heterocycles. The number of hydrogen-bond donors (Lipinski definition) is 1. The fraction of sp³-hybridized carbons (Fsp3) is 0.556. The van der Waals surface area contributed by atoms with Crippen molar-refractivity contribution in [3.63, 3.8) is 0 Å². The molecule has 3 nitrogen and oxygen atoms in total. The zero-order valence-electron chi connectivity index (χ0n) is 13.4. The van der Waals surface area contributed by atoms with E-state index in [0.29, 0.717) is 12.0 Å². The Balaban J connectivity index is 1.83. The number of nitrogens with zero attached hydrogens (tertiary/aromatic N) is 1. The van der Waals surface area contributed by atoms with Gasteiger partial charge in [0.25, 0.3) is 0 Å². The van der Waals surface area contributed by atoms with Crippen molar-refractivity contribution in [2.24, 2.45) is 0 Å². The van der Waals surface area contributed by atoms with Gasteiger partial charge in [-0.2, -0.15) is 0 Å². The largest absolute Gasteiger partial charge is 0.380 e. The van der Waals surface area contributed by atoms with E-state index in [9.17, 15) is 0 Å². The fourth-order valence-electron chi connectivity index (χ4n) is 3.28. The summed E-state index contributed by atoms with van der Waals surface area (Å²) in [7, 11) is 1.83. The molecule has 3 heteroatoms. The van der Waals surface area contributed by atoms with Crippen molar-refractivity contribution in [1.29, 1.82) is 0 Å². The van der Waals surface area contributed by atoms with Gasteiger partial charge in [-0.15, -0.1) is 0 Å². The Labute approximate surface area is 127 Å². The van der Waals surface area contributed by atoms with Gasteiger partial charge in [0.15, 0.2) is 0 Å². The summed E-state index contributed by atoms with van der Waals surface area (Å²) in [6.45, 7) is 7.72. The number of fused-ring (bicyclic) bond motifs is 1. The molecule has 1 saturated heterocycles. The smallest absolute Gasteiger partial charge is 0.0698 e. The van der Waals surface area contributed by atoms with Crippen LogP contribution in [-0.2, 0) is 11.3 Å². The highest BCUT2D eigenvalue weighted by Crippen LogP contribution is 2.26. The number of likely N-dealkylation sites (tertiary alicyclic amines) is 1. The molecule has 1 aliphatic heterocycles. The van der Waals surface area contributed by atoms with Crippen LogP contribution in [-0.4, -0.2) is 36.2 Å². The first-order valence-corrected chi connectivity index (χ1v) is 8.03. The number of aromatic amines is 1. The van der Waals surface area contributed by atoms with Gasteiger partial charge in [0.05, 0.1) is 6.10 Å². The summed E-state index contributed by atoms with van der Waals surface area (Å²) in [5, 5.41) is 1.38. The van der Waals surface area contributed by atoms with Crippen molar-refractivity contribution in [1.82, 2.24) is 9.88 Å². The highest BCUT2D eigenvalue weighted by Gasteiger charge is 2.20. The number of rotatable bonds is 4. The van der Waals surface area contributed by atoms with E-state index in [-0.39, 0.29) is 0 Å². The number of benzene rings is 1. The quantitative estimate of drug-likeness (QED) is 0.923. The summed E-state index contributed by atoms with van der Waals surface area (Å²) in [6.07, 6.45) is 2.83. The molecular weight excluding hydrogens is 260 g/mol. The molecule has 0 amide bonds. The molecule has 1 atom stereocenters. The molecule has 1 aromatic heterocycles. The summed E-state index contributed by atoms with van der Waals surface area (Å²) in [4.78, 5) is 6.07. The third-order valence-electron chi connectivity index (χ3n) is 4.59. The average Bonchev–Trinajstić information content (AvgIpc) is 2.93. The third kappa shape index (κ3) is 3.14. The molecule has 1 fully saturated rings. The van der Waals surface area contributed by atoms with Crippen LogP contribution >= 0.6 is 0 Å². The summed E-state index contributed by atoms with van der Waals surface area (Å²) in [5.74, 6) is 0.540. The van der Waals surface area contributed by atoms with Gasteiger partial charge in [-0.25, -0.2) is 0 Å². The number of aromatic nitrogens is 1. The predicted molar refractivity (Wildman–Crippen MR) is 87.7 cm³/mol. The molecule has 0 saturated carbocycles. The van der Waals surface area contributed by atoms with Crippen molar-refractivity contribution in [2.75, 3.05) is 20.2 Å². The average molecular weight is 286 g/mol. The van der Waals surface area contributed by atoms with Crippen molar-refractivity contribution < 1.29 is 4.74 Å². The minimum absolute atomic E-state index is 0.399. The molecule has 0 radical (unpaired) electrons. The Morgan fingerprint density at radius 3 is 3.00 bits per heavy atom. The van der Waals surface area contributed by atoms with Crippen molar-refractivity contribution in [3.8, 4) is 0 Å². The molecule has 3 rings (SSSR count). The topological polar surface area (TPSA) is 28.3 Å². The van der Waals surface area contributed by atoms with Gasteiger partial charge in [-0.1, -0.05) is 26.0 Å². The number of hydrogen-bond acceptors (Lipinski definition) is 2. The van der Waals surface area contributed by atoms with Crippen molar-refractivity contribution in [3.05, 3.63) is 35.5 Å². The van der Waals surface area contributed by atoms with E-state index in [2.05, 4.69) is 48.0 Å². The summed E-state index contributed by atoms with van der Waals surface area (Å²) in [6, 6.07) is 8.93. The van der Waals surface area contributed by atoms with E-state index < -0.39 is 0 Å². The monoisotopic (exact) mass is 286 g/mol. The Bertz CT molecular complexity index is 602. The number of methoxy groups -OCH3 is 1. The lowest BCUT2D eigenvalue weighted by Gasteiger charge is -2.32. The predicted octanol–water partition coefficient (Wildman–Crippen LogP) is 3.90. The minimum Gasteiger partial charge on any atom is -0.380 e. The van der Waals surface area contributed by atoms with Crippen LogP contribution in [0.15, 0.2) is 24.3 Å². The zero-order chi connectivity index (χ0) is 14.8. The molecule has 0 aliphatic carbocycles. The van der Waals surface area contributed by atoms with Crippen LogP contribution in [0.4, 0.5) is 0 Å². The zero-order valence-corrected chi connectivity index (χ0v) is 13.4. The molecule has 2 aromatic rings. The molecule has 1 aromatic carbocycles. The van der Waals surface area contributed by atoms with Gasteiger partial charge in [-0.3, -0.25) is 4.90 Å². The van der Waals surface area contributed by atoms with E-state index in [1.165, 1.54) is 41.5 Å². The summed E-state index contributed by atoms with van der Waals surface area (Å²) < 4.78 is 5.53. The molecule has 1 aliphatic rings. The van der Waals surface area contributed by atoms with E-state index >= 15 is 0 Å². The Morgan fingerprint density at radius 2 is 2.24 bits per heavy atom. The van der Waals surface area contributed by atoms with E-state index in [1.54, 1.807) is 0 Å². The van der Waals surface area contributed by atoms with Gasteiger partial charge < -0.3 is 9.72 Å². The Morgan fingerprint density at radius 1 is 1.38 bits per heavy atom. The number of H-pyrrole nitrogens is 1. The van der Waals surface area contributed by atoms with Crippen molar-refractivity contribution in [2.45, 2.75) is 45.3 Å². The SMILES string of the molecule is COC1CCCN(Cc2cccc3[nH]c(C(C)C)cc23)C1. The van der Waals surface area contributed by atoms with Crippen LogP contribution in [0, 0.1) is 0 Å². The number of ether oxygens (including phenoxy) is 1. The van der Waals surface area contributed by atoms with E-state index in [1.807, 2.05) is 7.11 Å². The van der Waals surface area contributed by atoms with Crippen LogP contribution in [0.3, 0.4) is 0 Å². The van der Waals surface area contributed by atoms with Crippen LogP contribution in [0.1, 0.15) is 43.9 Å². The van der Waals surface area contributed by atoms with Crippen LogP contribution in [0.25, 0.3) is 10.9 Å². The lowest BCUT2D eigenvalue weighted by molar-refractivity contribution is 0.0287. The highest BCUT2D eigenvalue weighted by molar-refractivity contribution is 5.84. The molecule has 1 unspecified atom stereocenters. The third-order valence-corrected chi connectivity index (χ3v) is 4.59. The fourth-order valence-corrected chi connectivity index (χ4v) is 3.28. The first-order valence-electron chi connectivity index (χ1n) is 8.03. The number of piperidine rings is 1. The first-order chi connectivity index (χ1) is 10.2. The van der Waals surface area contributed by atoms with Gasteiger partial charge in [-0.05, 0) is 43.0 Å².